The second-order valence-electron chi connectivity index (χ2n) is 3.89. The number of aromatic nitrogens is 2. The van der Waals surface area contributed by atoms with Crippen LogP contribution >= 0.6 is 0 Å². The number of nitrogens with one attached hydrogen (secondary N) is 1. The van der Waals surface area contributed by atoms with Gasteiger partial charge in [0.2, 0.25) is 0 Å². The first kappa shape index (κ1) is 7.26. The minimum atomic E-state index is -0.353. The van der Waals surface area contributed by atoms with Crippen molar-refractivity contribution in [3.8, 4) is 0 Å². The van der Waals surface area contributed by atoms with Gasteiger partial charge in [0.15, 0.2) is 5.78 Å². The van der Waals surface area contributed by atoms with E-state index in [1.807, 2.05) is 16.9 Å². The maximum atomic E-state index is 11.8. The van der Waals surface area contributed by atoms with Crippen molar-refractivity contribution in [2.24, 2.45) is 0 Å². The van der Waals surface area contributed by atoms with Crippen molar-refractivity contribution < 1.29 is 4.79 Å². The molecule has 1 saturated carbocycles. The molecular formula is C9H11N3O. The first-order chi connectivity index (χ1) is 6.31. The Labute approximate surface area is 75.9 Å². The van der Waals surface area contributed by atoms with E-state index in [2.05, 4.69) is 10.4 Å². The molecule has 0 spiro atoms. The number of fused-ring (bicyclic) bond motifs is 2. The molecular weight excluding hydrogens is 166 g/mol. The van der Waals surface area contributed by atoms with Gasteiger partial charge >= 0.3 is 0 Å². The second kappa shape index (κ2) is 2.20. The minimum Gasteiger partial charge on any atom is -0.311 e. The van der Waals surface area contributed by atoms with Crippen molar-refractivity contribution in [1.82, 2.24) is 15.1 Å². The molecule has 1 N–H and O–H groups in total. The van der Waals surface area contributed by atoms with E-state index in [9.17, 15) is 4.79 Å². The summed E-state index contributed by atoms with van der Waals surface area (Å²) >= 11 is 0. The molecule has 0 radical (unpaired) electrons. The molecule has 1 saturated heterocycles. The van der Waals surface area contributed by atoms with Gasteiger partial charge in [-0.3, -0.25) is 9.48 Å². The molecule has 2 aliphatic rings. The third kappa shape index (κ3) is 0.785. The summed E-state index contributed by atoms with van der Waals surface area (Å²) in [4.78, 5) is 11.8. The molecule has 1 aliphatic heterocycles. The maximum absolute atomic E-state index is 11.8. The van der Waals surface area contributed by atoms with Gasteiger partial charge in [0.25, 0.3) is 0 Å². The average molecular weight is 177 g/mol. The molecule has 68 valence electrons. The van der Waals surface area contributed by atoms with E-state index in [1.165, 1.54) is 0 Å². The molecule has 4 heteroatoms. The van der Waals surface area contributed by atoms with Crippen LogP contribution in [0, 0.1) is 0 Å². The molecule has 2 fully saturated rings. The molecule has 1 aliphatic carbocycles. The van der Waals surface area contributed by atoms with Gasteiger partial charge in [0, 0.05) is 31.4 Å². The van der Waals surface area contributed by atoms with E-state index < -0.39 is 0 Å². The second-order valence-corrected chi connectivity index (χ2v) is 3.89. The topological polar surface area (TPSA) is 46.9 Å². The molecule has 4 nitrogen and oxygen atoms in total. The lowest BCUT2D eigenvalue weighted by Gasteiger charge is -2.25. The lowest BCUT2D eigenvalue weighted by Crippen LogP contribution is -2.45. The van der Waals surface area contributed by atoms with Gasteiger partial charge in [-0.2, -0.15) is 5.10 Å². The number of nitrogens with zero attached hydrogens (tertiary/aromatic N) is 2. The van der Waals surface area contributed by atoms with Crippen molar-refractivity contribution >= 4 is 5.78 Å². The van der Waals surface area contributed by atoms with Gasteiger partial charge in [-0.05, 0) is 12.5 Å². The Morgan fingerprint density at radius 3 is 3.15 bits per heavy atom. The van der Waals surface area contributed by atoms with Crippen LogP contribution in [-0.2, 0) is 10.3 Å². The van der Waals surface area contributed by atoms with Crippen LogP contribution in [0.5, 0.6) is 0 Å². The zero-order valence-electron chi connectivity index (χ0n) is 7.23. The maximum Gasteiger partial charge on any atom is 0.163 e. The number of Topliss-reactive ketones (excluding diaryl/α,β-unsaturated/α-hetero) is 1. The Morgan fingerprint density at radius 1 is 1.69 bits per heavy atom. The summed E-state index contributed by atoms with van der Waals surface area (Å²) in [7, 11) is 0. The number of ketones is 1. The van der Waals surface area contributed by atoms with Gasteiger partial charge in [-0.1, -0.05) is 0 Å². The van der Waals surface area contributed by atoms with E-state index in [0.717, 1.165) is 13.0 Å². The van der Waals surface area contributed by atoms with Gasteiger partial charge in [0.05, 0.1) is 0 Å². The molecule has 13 heavy (non-hydrogen) atoms. The van der Waals surface area contributed by atoms with Crippen molar-refractivity contribution in [2.45, 2.75) is 24.4 Å². The van der Waals surface area contributed by atoms with E-state index in [-0.39, 0.29) is 5.54 Å². The number of carbonyl (C=O) groups is 1. The van der Waals surface area contributed by atoms with Gasteiger partial charge in [-0.25, -0.2) is 0 Å². The summed E-state index contributed by atoms with van der Waals surface area (Å²) in [6.07, 6.45) is 5.19. The van der Waals surface area contributed by atoms with E-state index in [1.54, 1.807) is 6.20 Å². The van der Waals surface area contributed by atoms with Crippen molar-refractivity contribution in [3.05, 3.63) is 18.5 Å². The molecule has 0 amide bonds. The molecule has 2 atom stereocenters. The van der Waals surface area contributed by atoms with Crippen molar-refractivity contribution in [3.63, 3.8) is 0 Å². The molecule has 3 rings (SSSR count). The van der Waals surface area contributed by atoms with Crippen LogP contribution in [0.2, 0.25) is 0 Å². The van der Waals surface area contributed by atoms with Crippen LogP contribution in [0.3, 0.4) is 0 Å². The zero-order valence-corrected chi connectivity index (χ0v) is 7.23. The third-order valence-corrected chi connectivity index (χ3v) is 3.16. The summed E-state index contributed by atoms with van der Waals surface area (Å²) in [5.41, 5.74) is -0.353. The summed E-state index contributed by atoms with van der Waals surface area (Å²) in [5.74, 6) is 0.333. The van der Waals surface area contributed by atoms with E-state index in [4.69, 9.17) is 0 Å². The summed E-state index contributed by atoms with van der Waals surface area (Å²) in [6.45, 7) is 0.748. The summed E-state index contributed by atoms with van der Waals surface area (Å²) in [5, 5.41) is 7.51. The van der Waals surface area contributed by atoms with Crippen LogP contribution < -0.4 is 5.32 Å². The predicted octanol–water partition coefficient (Wildman–Crippen LogP) is -0.0869. The van der Waals surface area contributed by atoms with Crippen LogP contribution in [-0.4, -0.2) is 28.2 Å². The Hall–Kier alpha value is -1.16. The highest BCUT2D eigenvalue weighted by atomic mass is 16.1. The number of hydrogen-bond acceptors (Lipinski definition) is 3. The Kier molecular flexibility index (Phi) is 1.23. The highest BCUT2D eigenvalue weighted by Gasteiger charge is 2.53. The summed E-state index contributed by atoms with van der Waals surface area (Å²) < 4.78 is 1.81. The smallest absolute Gasteiger partial charge is 0.163 e. The van der Waals surface area contributed by atoms with Crippen LogP contribution in [0.15, 0.2) is 18.5 Å². The zero-order chi connectivity index (χ0) is 8.89. The standard InChI is InChI=1S/C9H11N3O/c13-8-4-7-5-9(8,6-10-7)12-3-1-2-11-12/h1-3,7,10H,4-6H2. The fourth-order valence-corrected chi connectivity index (χ4v) is 2.46. The largest absolute Gasteiger partial charge is 0.311 e. The first-order valence-corrected chi connectivity index (χ1v) is 4.58. The lowest BCUT2D eigenvalue weighted by atomic mass is 9.98. The first-order valence-electron chi connectivity index (χ1n) is 4.58. The lowest BCUT2D eigenvalue weighted by molar-refractivity contribution is -0.125. The number of carbonyl (C=O) groups excluding carboxylic acids is 1. The SMILES string of the molecule is O=C1CC2CC1(n1cccn1)CN2. The highest BCUT2D eigenvalue weighted by molar-refractivity contribution is 5.90. The molecule has 2 unspecified atom stereocenters. The normalized spacial score (nSPS) is 37.2. The molecule has 0 aromatic carbocycles. The number of piperidine rings is 1. The van der Waals surface area contributed by atoms with Gasteiger partial charge in [0.1, 0.15) is 5.54 Å². The summed E-state index contributed by atoms with van der Waals surface area (Å²) in [6, 6.07) is 2.25. The van der Waals surface area contributed by atoms with Crippen LogP contribution in [0.4, 0.5) is 0 Å². The Balaban J connectivity index is 2.09. The fraction of sp³-hybridized carbons (Fsp3) is 0.556. The molecule has 1 aromatic rings. The Bertz CT molecular complexity index is 346. The van der Waals surface area contributed by atoms with Crippen LogP contribution in [0.25, 0.3) is 0 Å². The molecule has 2 bridgehead atoms. The number of hydrogen-bond donors (Lipinski definition) is 1. The van der Waals surface area contributed by atoms with E-state index >= 15 is 0 Å². The van der Waals surface area contributed by atoms with E-state index in [0.29, 0.717) is 18.2 Å². The third-order valence-electron chi connectivity index (χ3n) is 3.16. The van der Waals surface area contributed by atoms with Crippen molar-refractivity contribution in [2.75, 3.05) is 6.54 Å². The Morgan fingerprint density at radius 2 is 2.62 bits per heavy atom. The quantitative estimate of drug-likeness (QED) is 0.652. The minimum absolute atomic E-state index is 0.333. The van der Waals surface area contributed by atoms with Crippen LogP contribution in [0.1, 0.15) is 12.8 Å². The average Bonchev–Trinajstić information content (AvgIpc) is 2.76. The predicted molar refractivity (Wildman–Crippen MR) is 46.2 cm³/mol. The van der Waals surface area contributed by atoms with Gasteiger partial charge < -0.3 is 5.32 Å². The molecule has 2 heterocycles. The highest BCUT2D eigenvalue weighted by Crippen LogP contribution is 2.37. The fourth-order valence-electron chi connectivity index (χ4n) is 2.46. The number of rotatable bonds is 1. The molecule has 1 aromatic heterocycles. The monoisotopic (exact) mass is 177 g/mol. The van der Waals surface area contributed by atoms with Gasteiger partial charge in [-0.15, -0.1) is 0 Å². The van der Waals surface area contributed by atoms with Crippen molar-refractivity contribution in [1.29, 1.82) is 0 Å².